The van der Waals surface area contributed by atoms with Crippen molar-refractivity contribution in [2.45, 2.75) is 46.0 Å². The number of nitrogens with zero attached hydrogens (tertiary/aromatic N) is 3. The second-order valence-corrected chi connectivity index (χ2v) is 6.80. The van der Waals surface area contributed by atoms with E-state index in [0.29, 0.717) is 12.3 Å². The van der Waals surface area contributed by atoms with Gasteiger partial charge >= 0.3 is 0 Å². The number of hydrogen-bond acceptors (Lipinski definition) is 3. The number of aromatic nitrogens is 3. The van der Waals surface area contributed by atoms with Crippen molar-refractivity contribution in [3.8, 4) is 0 Å². The van der Waals surface area contributed by atoms with Crippen LogP contribution in [-0.2, 0) is 17.6 Å². The van der Waals surface area contributed by atoms with Crippen LogP contribution in [0.3, 0.4) is 0 Å². The molecule has 1 aliphatic rings. The lowest BCUT2D eigenvalue weighted by molar-refractivity contribution is -0.132. The van der Waals surface area contributed by atoms with Crippen LogP contribution in [0, 0.1) is 19.8 Å². The highest BCUT2D eigenvalue weighted by molar-refractivity contribution is 5.76. The Morgan fingerprint density at radius 1 is 1.25 bits per heavy atom. The highest BCUT2D eigenvalue weighted by Crippen LogP contribution is 2.22. The van der Waals surface area contributed by atoms with Crippen LogP contribution in [0.1, 0.15) is 41.8 Å². The van der Waals surface area contributed by atoms with Gasteiger partial charge in [-0.25, -0.2) is 0 Å². The molecule has 2 aromatic heterocycles. The first-order valence-electron chi connectivity index (χ1n) is 8.80. The fraction of sp³-hybridized carbons (Fsp3) is 0.526. The molecule has 0 aliphatic carbocycles. The molecule has 0 aromatic carbocycles. The fourth-order valence-electron chi connectivity index (χ4n) is 3.57. The van der Waals surface area contributed by atoms with E-state index in [1.165, 1.54) is 11.1 Å². The topological polar surface area (TPSA) is 61.9 Å². The van der Waals surface area contributed by atoms with Gasteiger partial charge in [0.25, 0.3) is 0 Å². The van der Waals surface area contributed by atoms with Gasteiger partial charge in [-0.3, -0.25) is 14.9 Å². The molecular formula is C19H26N4O. The lowest BCUT2D eigenvalue weighted by Gasteiger charge is -2.32. The summed E-state index contributed by atoms with van der Waals surface area (Å²) < 4.78 is 0. The third-order valence-electron chi connectivity index (χ3n) is 5.11. The second kappa shape index (κ2) is 7.60. The van der Waals surface area contributed by atoms with Crippen LogP contribution in [0.15, 0.2) is 24.5 Å². The molecule has 24 heavy (non-hydrogen) atoms. The largest absolute Gasteiger partial charge is 0.343 e. The summed E-state index contributed by atoms with van der Waals surface area (Å²) in [6, 6.07) is 4.18. The second-order valence-electron chi connectivity index (χ2n) is 6.80. The fourth-order valence-corrected chi connectivity index (χ4v) is 3.57. The van der Waals surface area contributed by atoms with Crippen LogP contribution in [-0.4, -0.2) is 39.1 Å². The number of piperidine rings is 1. The van der Waals surface area contributed by atoms with Gasteiger partial charge in [0, 0.05) is 37.6 Å². The van der Waals surface area contributed by atoms with Crippen LogP contribution < -0.4 is 0 Å². The van der Waals surface area contributed by atoms with Crippen LogP contribution in [0.5, 0.6) is 0 Å². The van der Waals surface area contributed by atoms with E-state index in [9.17, 15) is 4.79 Å². The number of amides is 1. The molecule has 1 aliphatic heterocycles. The zero-order valence-corrected chi connectivity index (χ0v) is 14.6. The van der Waals surface area contributed by atoms with E-state index in [1.807, 2.05) is 31.1 Å². The molecule has 3 rings (SSSR count). The minimum Gasteiger partial charge on any atom is -0.343 e. The predicted octanol–water partition coefficient (Wildman–Crippen LogP) is 2.84. The molecule has 5 nitrogen and oxygen atoms in total. The summed E-state index contributed by atoms with van der Waals surface area (Å²) in [5.41, 5.74) is 4.63. The van der Waals surface area contributed by atoms with Gasteiger partial charge in [0.2, 0.25) is 5.91 Å². The Morgan fingerprint density at radius 2 is 1.96 bits per heavy atom. The molecule has 1 N–H and O–H groups in total. The quantitative estimate of drug-likeness (QED) is 0.919. The molecule has 0 unspecified atom stereocenters. The number of nitrogens with one attached hydrogen (secondary N) is 1. The van der Waals surface area contributed by atoms with Gasteiger partial charge in [-0.2, -0.15) is 5.10 Å². The number of likely N-dealkylation sites (tertiary alicyclic amines) is 1. The summed E-state index contributed by atoms with van der Waals surface area (Å²) in [7, 11) is 0. The van der Waals surface area contributed by atoms with Crippen LogP contribution in [0.4, 0.5) is 0 Å². The molecule has 1 saturated heterocycles. The zero-order chi connectivity index (χ0) is 16.9. The molecule has 2 aromatic rings. The van der Waals surface area contributed by atoms with Crippen molar-refractivity contribution in [2.75, 3.05) is 13.1 Å². The number of hydrogen-bond donors (Lipinski definition) is 1. The minimum absolute atomic E-state index is 0.275. The van der Waals surface area contributed by atoms with E-state index >= 15 is 0 Å². The summed E-state index contributed by atoms with van der Waals surface area (Å²) in [5.74, 6) is 0.951. The van der Waals surface area contributed by atoms with Crippen molar-refractivity contribution in [2.24, 2.45) is 5.92 Å². The summed E-state index contributed by atoms with van der Waals surface area (Å²) in [4.78, 5) is 18.6. The Balaban J connectivity index is 1.45. The van der Waals surface area contributed by atoms with E-state index in [4.69, 9.17) is 0 Å². The first kappa shape index (κ1) is 16.7. The maximum absolute atomic E-state index is 12.5. The summed E-state index contributed by atoms with van der Waals surface area (Å²) >= 11 is 0. The normalized spacial score (nSPS) is 15.7. The number of carbonyl (C=O) groups excluding carboxylic acids is 1. The van der Waals surface area contributed by atoms with Gasteiger partial charge in [-0.1, -0.05) is 0 Å². The highest BCUT2D eigenvalue weighted by Gasteiger charge is 2.23. The number of H-pyrrole nitrogens is 1. The van der Waals surface area contributed by atoms with Crippen molar-refractivity contribution in [3.63, 3.8) is 0 Å². The van der Waals surface area contributed by atoms with Gasteiger partial charge < -0.3 is 4.90 Å². The highest BCUT2D eigenvalue weighted by atomic mass is 16.2. The molecule has 0 saturated carbocycles. The Kier molecular flexibility index (Phi) is 5.28. The first-order chi connectivity index (χ1) is 11.6. The molecular weight excluding hydrogens is 300 g/mol. The molecule has 5 heteroatoms. The monoisotopic (exact) mass is 326 g/mol. The maximum atomic E-state index is 12.5. The van der Waals surface area contributed by atoms with Crippen LogP contribution in [0.25, 0.3) is 0 Å². The Hall–Kier alpha value is -2.17. The van der Waals surface area contributed by atoms with Crippen molar-refractivity contribution in [3.05, 3.63) is 47.0 Å². The van der Waals surface area contributed by atoms with E-state index in [-0.39, 0.29) is 5.91 Å². The molecule has 128 valence electrons. The number of aromatic amines is 1. The number of rotatable bonds is 5. The Labute approximate surface area is 143 Å². The van der Waals surface area contributed by atoms with E-state index in [1.54, 1.807) is 0 Å². The summed E-state index contributed by atoms with van der Waals surface area (Å²) in [6.07, 6.45) is 8.36. The third-order valence-corrected chi connectivity index (χ3v) is 5.11. The van der Waals surface area contributed by atoms with Gasteiger partial charge in [-0.15, -0.1) is 0 Å². The van der Waals surface area contributed by atoms with E-state index in [2.05, 4.69) is 27.3 Å². The molecule has 0 spiro atoms. The molecule has 0 bridgehead atoms. The number of carbonyl (C=O) groups is 1. The van der Waals surface area contributed by atoms with E-state index < -0.39 is 0 Å². The smallest absolute Gasteiger partial charge is 0.222 e. The molecule has 1 amide bonds. The van der Waals surface area contributed by atoms with Gasteiger partial charge in [0.05, 0.1) is 5.69 Å². The molecule has 0 radical (unpaired) electrons. The zero-order valence-electron chi connectivity index (χ0n) is 14.6. The SMILES string of the molecule is Cc1n[nH]c(C)c1CCC(=O)N1CCC(Cc2ccncc2)CC1. The lowest BCUT2D eigenvalue weighted by Crippen LogP contribution is -2.39. The van der Waals surface area contributed by atoms with Crippen molar-refractivity contribution in [1.82, 2.24) is 20.1 Å². The third kappa shape index (κ3) is 4.02. The van der Waals surface area contributed by atoms with Crippen molar-refractivity contribution >= 4 is 5.91 Å². The standard InChI is InChI=1S/C19H26N4O/c1-14-18(15(2)22-21-14)3-4-19(24)23-11-7-17(8-12-23)13-16-5-9-20-10-6-16/h5-6,9-10,17H,3-4,7-8,11-13H2,1-2H3,(H,21,22). The average Bonchev–Trinajstić information content (AvgIpc) is 2.92. The summed E-state index contributed by atoms with van der Waals surface area (Å²) in [5, 5.41) is 7.19. The maximum Gasteiger partial charge on any atom is 0.222 e. The van der Waals surface area contributed by atoms with Crippen molar-refractivity contribution < 1.29 is 4.79 Å². The van der Waals surface area contributed by atoms with Crippen LogP contribution >= 0.6 is 0 Å². The predicted molar refractivity (Wildman–Crippen MR) is 93.6 cm³/mol. The van der Waals surface area contributed by atoms with Gasteiger partial charge in [0.1, 0.15) is 0 Å². The Morgan fingerprint density at radius 3 is 2.58 bits per heavy atom. The summed E-state index contributed by atoms with van der Waals surface area (Å²) in [6.45, 7) is 5.79. The van der Waals surface area contributed by atoms with Gasteiger partial charge in [-0.05, 0) is 68.7 Å². The Bertz CT molecular complexity index is 652. The lowest BCUT2D eigenvalue weighted by atomic mass is 9.90. The van der Waals surface area contributed by atoms with Crippen molar-refractivity contribution in [1.29, 1.82) is 0 Å². The first-order valence-corrected chi connectivity index (χ1v) is 8.80. The molecule has 0 atom stereocenters. The number of pyridine rings is 1. The molecule has 3 heterocycles. The molecule has 1 fully saturated rings. The van der Waals surface area contributed by atoms with Gasteiger partial charge in [0.15, 0.2) is 0 Å². The minimum atomic E-state index is 0.275. The average molecular weight is 326 g/mol. The number of aryl methyl sites for hydroxylation is 2. The van der Waals surface area contributed by atoms with E-state index in [0.717, 1.165) is 50.2 Å². The van der Waals surface area contributed by atoms with Crippen LogP contribution in [0.2, 0.25) is 0 Å².